The Labute approximate surface area is 472 Å². The maximum Gasteiger partial charge on any atom is 0.469 e. The SMILES string of the molecule is C[Si](C)(C)O[Si](CC[Si](CC[Si](O[Si](C)(C)C)(O[Si](C)(C)C)O[Si](C)(C)C)(CC[Si](O[Si](C)(C)C)(O[Si](C)(C)C)O[Si](C)(C)C)CC[Si](O[Si](C)(C)C)(O[Si](C)(C)C)O[Si](C)(C)C)(O[Si](C)(C)C)O[Si](C)(C)C. The Hall–Kier alpha value is 3.21. The smallest absolute Gasteiger partial charge is 0.417 e. The van der Waals surface area contributed by atoms with Crippen molar-refractivity contribution in [3.05, 3.63) is 0 Å². The predicted molar refractivity (Wildman–Crippen MR) is 360 cm³/mol. The fourth-order valence-corrected chi connectivity index (χ4v) is 80.0. The molecular formula is C44H124O12Si17. The molecule has 0 radical (unpaired) electrons. The summed E-state index contributed by atoms with van der Waals surface area (Å²) in [5.41, 5.74) is 0. The van der Waals surface area contributed by atoms with Crippen LogP contribution in [0.4, 0.5) is 0 Å². The normalized spacial score (nSPS) is 15.9. The van der Waals surface area contributed by atoms with Crippen LogP contribution in [0.15, 0.2) is 0 Å². The van der Waals surface area contributed by atoms with E-state index < -0.39 is 143 Å². The molecule has 0 fully saturated rings. The van der Waals surface area contributed by atoms with Crippen LogP contribution >= 0.6 is 0 Å². The molecule has 0 heterocycles. The molecule has 0 aliphatic rings. The quantitative estimate of drug-likeness (QED) is 0.0557. The molecule has 12 nitrogen and oxygen atoms in total. The lowest BCUT2D eigenvalue weighted by Gasteiger charge is -2.48. The minimum atomic E-state index is -3.35. The second kappa shape index (κ2) is 26.4. The van der Waals surface area contributed by atoms with E-state index in [1.165, 1.54) is 0 Å². The second-order valence-corrected chi connectivity index (χ2v) is 106. The van der Waals surface area contributed by atoms with Crippen LogP contribution in [0.2, 0.25) is 284 Å². The van der Waals surface area contributed by atoms with Gasteiger partial charge >= 0.3 is 35.2 Å². The molecule has 0 unspecified atom stereocenters. The van der Waals surface area contributed by atoms with Crippen molar-refractivity contribution < 1.29 is 49.4 Å². The molecule has 440 valence electrons. The van der Waals surface area contributed by atoms with Gasteiger partial charge in [0, 0.05) is 24.2 Å². The summed E-state index contributed by atoms with van der Waals surface area (Å²) in [5.74, 6) is 0. The van der Waals surface area contributed by atoms with Crippen molar-refractivity contribution in [1.82, 2.24) is 0 Å². The Kier molecular flexibility index (Phi) is 27.6. The summed E-state index contributed by atoms with van der Waals surface area (Å²) in [6.45, 7) is 83.0. The number of hydrogen-bond donors (Lipinski definition) is 0. The lowest BCUT2D eigenvalue weighted by molar-refractivity contribution is 0.253. The van der Waals surface area contributed by atoms with E-state index in [0.29, 0.717) is 0 Å². The van der Waals surface area contributed by atoms with E-state index in [-0.39, 0.29) is 0 Å². The Balaban J connectivity index is 9.57. The standard InChI is InChI=1S/C44H124O12Si17/c1-57(2,3)45-70(46-58(4,5)6,47-59(7,8)9)41-37-69(38-42-71(48-60(10,11)12,49-61(13,14)15)50-62(16,17)18,39-43-72(51-63(19,20)21,52-64(22,23)24)53-65(25,26)27)40-44-73(54-66(28,29)30,55-67(31,32)33)56-68(34,35)36/h37-44H2,1-36H3. The summed E-state index contributed by atoms with van der Waals surface area (Å²) >= 11 is 0. The summed E-state index contributed by atoms with van der Waals surface area (Å²) in [6.07, 6.45) is 0. The molecule has 0 aromatic heterocycles. The molecule has 0 amide bonds. The zero-order valence-corrected chi connectivity index (χ0v) is 72.1. The van der Waals surface area contributed by atoms with Gasteiger partial charge < -0.3 is 49.4 Å². The van der Waals surface area contributed by atoms with Gasteiger partial charge in [0.25, 0.3) is 0 Å². The van der Waals surface area contributed by atoms with Crippen molar-refractivity contribution in [2.24, 2.45) is 0 Å². The highest BCUT2D eigenvalue weighted by molar-refractivity contribution is 6.96. The molecular weight excluding hydrogens is 1200 g/mol. The maximum absolute atomic E-state index is 7.58. The van der Waals surface area contributed by atoms with Crippen molar-refractivity contribution in [2.45, 2.75) is 284 Å². The molecule has 0 spiro atoms. The second-order valence-electron chi connectivity index (χ2n) is 32.8. The highest BCUT2D eigenvalue weighted by Crippen LogP contribution is 2.45. The van der Waals surface area contributed by atoms with Crippen LogP contribution in [0.5, 0.6) is 0 Å². The molecule has 0 aromatic carbocycles. The van der Waals surface area contributed by atoms with Gasteiger partial charge in [-0.1, -0.05) is 24.2 Å². The molecule has 0 atom stereocenters. The molecule has 0 N–H and O–H groups in total. The maximum atomic E-state index is 7.58. The van der Waals surface area contributed by atoms with Crippen molar-refractivity contribution in [2.75, 3.05) is 0 Å². The summed E-state index contributed by atoms with van der Waals surface area (Å²) in [7, 11) is -42.8. The van der Waals surface area contributed by atoms with Gasteiger partial charge in [-0.3, -0.25) is 0 Å². The lowest BCUT2D eigenvalue weighted by Crippen LogP contribution is -2.63. The third kappa shape index (κ3) is 37.8. The number of hydrogen-bond acceptors (Lipinski definition) is 12. The largest absolute Gasteiger partial charge is 0.469 e. The Bertz CT molecular complexity index is 1260. The first-order valence-corrected chi connectivity index (χ1v) is 79.2. The van der Waals surface area contributed by atoms with E-state index in [2.05, 4.69) is 236 Å². The van der Waals surface area contributed by atoms with Crippen LogP contribution < -0.4 is 0 Å². The van der Waals surface area contributed by atoms with Gasteiger partial charge in [0.2, 0.25) is 0 Å². The summed E-state index contributed by atoms with van der Waals surface area (Å²) < 4.78 is 91.0. The topological polar surface area (TPSA) is 111 Å². The van der Waals surface area contributed by atoms with Crippen molar-refractivity contribution in [1.29, 1.82) is 0 Å². The minimum Gasteiger partial charge on any atom is -0.417 e. The van der Waals surface area contributed by atoms with E-state index >= 15 is 0 Å². The van der Waals surface area contributed by atoms with E-state index in [9.17, 15) is 0 Å². The van der Waals surface area contributed by atoms with Crippen LogP contribution in [0, 0.1) is 0 Å². The van der Waals surface area contributed by atoms with Crippen molar-refractivity contribution in [3.63, 3.8) is 0 Å². The Morgan fingerprint density at radius 2 is 0.219 bits per heavy atom. The molecule has 0 rings (SSSR count). The minimum absolute atomic E-state index is 0.742. The fraction of sp³-hybridized carbons (Fsp3) is 1.00. The molecule has 0 aliphatic carbocycles. The summed E-state index contributed by atoms with van der Waals surface area (Å²) in [6, 6.07) is 6.65. The van der Waals surface area contributed by atoms with Gasteiger partial charge in [0.1, 0.15) is 0 Å². The van der Waals surface area contributed by atoms with Crippen LogP contribution in [0.1, 0.15) is 0 Å². The van der Waals surface area contributed by atoms with Gasteiger partial charge in [0.05, 0.1) is 8.07 Å². The van der Waals surface area contributed by atoms with Gasteiger partial charge in [-0.15, -0.1) is 0 Å². The Morgan fingerprint density at radius 3 is 0.288 bits per heavy atom. The zero-order valence-electron chi connectivity index (χ0n) is 55.1. The van der Waals surface area contributed by atoms with Crippen molar-refractivity contribution >= 4 is 143 Å². The van der Waals surface area contributed by atoms with E-state index in [1.807, 2.05) is 0 Å². The molecule has 0 aromatic rings. The highest BCUT2D eigenvalue weighted by Gasteiger charge is 2.59. The summed E-state index contributed by atoms with van der Waals surface area (Å²) in [5, 5.41) is 0. The van der Waals surface area contributed by atoms with Crippen molar-refractivity contribution in [3.8, 4) is 0 Å². The molecule has 29 heteroatoms. The molecule has 0 saturated heterocycles. The van der Waals surface area contributed by atoms with Crippen LogP contribution in [0.25, 0.3) is 0 Å². The van der Waals surface area contributed by atoms with E-state index in [0.717, 1.165) is 48.4 Å². The average Bonchev–Trinajstić information content (AvgIpc) is 2.93. The predicted octanol–water partition coefficient (Wildman–Crippen LogP) is 17.4. The first-order valence-electron chi connectivity index (χ1n) is 27.7. The van der Waals surface area contributed by atoms with Crippen LogP contribution in [-0.4, -0.2) is 143 Å². The third-order valence-electron chi connectivity index (χ3n) is 9.39. The molecule has 0 aliphatic heterocycles. The first-order chi connectivity index (χ1) is 31.3. The van der Waals surface area contributed by atoms with Gasteiger partial charge in [-0.05, 0) is 236 Å². The van der Waals surface area contributed by atoms with E-state index in [1.54, 1.807) is 0 Å². The van der Waals surface area contributed by atoms with Crippen LogP contribution in [-0.2, 0) is 49.4 Å². The molecule has 73 heavy (non-hydrogen) atoms. The fourth-order valence-electron chi connectivity index (χ4n) is 8.88. The van der Waals surface area contributed by atoms with E-state index in [4.69, 9.17) is 49.4 Å². The molecule has 0 saturated carbocycles. The summed E-state index contributed by atoms with van der Waals surface area (Å²) in [4.78, 5) is 0. The van der Waals surface area contributed by atoms with Gasteiger partial charge in [0.15, 0.2) is 99.8 Å². The van der Waals surface area contributed by atoms with Gasteiger partial charge in [-0.2, -0.15) is 0 Å². The highest BCUT2D eigenvalue weighted by atomic mass is 28.5. The first kappa shape index (κ1) is 76.2. The zero-order chi connectivity index (χ0) is 58.6. The monoisotopic (exact) mass is 1320 g/mol. The Morgan fingerprint density at radius 1 is 0.137 bits per heavy atom. The average molecular weight is 1320 g/mol. The molecule has 0 bridgehead atoms. The lowest BCUT2D eigenvalue weighted by atomic mass is 10.9. The van der Waals surface area contributed by atoms with Gasteiger partial charge in [-0.25, -0.2) is 0 Å². The third-order valence-corrected chi connectivity index (χ3v) is 64.4. The number of rotatable bonds is 36. The van der Waals surface area contributed by atoms with Crippen LogP contribution in [0.3, 0.4) is 0 Å².